The van der Waals surface area contributed by atoms with E-state index in [2.05, 4.69) is 80.5 Å². The van der Waals surface area contributed by atoms with Gasteiger partial charge in [-0.3, -0.25) is 0 Å². The van der Waals surface area contributed by atoms with Gasteiger partial charge in [0.2, 0.25) is 0 Å². The van der Waals surface area contributed by atoms with Crippen molar-refractivity contribution in [2.75, 3.05) is 19.8 Å². The van der Waals surface area contributed by atoms with Crippen LogP contribution in [0.15, 0.2) is 36.4 Å². The minimum absolute atomic E-state index is 0.206. The summed E-state index contributed by atoms with van der Waals surface area (Å²) >= 11 is 0. The van der Waals surface area contributed by atoms with Gasteiger partial charge in [-0.15, -0.1) is 0 Å². The predicted molar refractivity (Wildman–Crippen MR) is 248 cm³/mol. The van der Waals surface area contributed by atoms with E-state index in [1.165, 1.54) is 0 Å². The van der Waals surface area contributed by atoms with Crippen LogP contribution >= 0.6 is 7.82 Å². The lowest BCUT2D eigenvalue weighted by Crippen LogP contribution is -2.22. The molecule has 0 fully saturated rings. The van der Waals surface area contributed by atoms with Crippen LogP contribution in [0.4, 0.5) is 0 Å². The van der Waals surface area contributed by atoms with Crippen LogP contribution in [0.1, 0.15) is 177 Å². The maximum absolute atomic E-state index is 16.3. The molecule has 3 aromatic rings. The molecule has 3 aromatic carbocycles. The standard InChI is InChI=1S/C51H72N3O7P/c1-46(2,3)34-31-43(37(49(10,11)12)28-40(34)56-25-19-22-52)59-62(55,60-44-32-35(47(4,5)6)41(57-26-20-23-53)29-38(44)50(13,14)15)61-45-33-36(48(7,8)9)42(58-27-21-24-54)30-39(45)51(16,17)18/h28-33H,19-21,25-27H2,1-18H3. The number of ether oxygens (including phenoxy) is 3. The predicted octanol–water partition coefficient (Wildman–Crippen LogP) is 14.0. The number of benzene rings is 3. The maximum atomic E-state index is 16.3. The van der Waals surface area contributed by atoms with Gasteiger partial charge in [0.15, 0.2) is 0 Å². The second-order valence-electron chi connectivity index (χ2n) is 22.0. The normalized spacial score (nSPS) is 12.8. The number of nitrogens with zero attached hydrogens (tertiary/aromatic N) is 3. The fraction of sp³-hybridized carbons (Fsp3) is 0.588. The van der Waals surface area contributed by atoms with E-state index in [9.17, 15) is 15.8 Å². The molecule has 10 nitrogen and oxygen atoms in total. The van der Waals surface area contributed by atoms with Gasteiger partial charge in [-0.05, 0) is 68.9 Å². The van der Waals surface area contributed by atoms with E-state index in [4.69, 9.17) is 27.8 Å². The Hall–Kier alpha value is -4.84. The fourth-order valence-electron chi connectivity index (χ4n) is 6.82. The molecule has 11 heteroatoms. The lowest BCUT2D eigenvalue weighted by Gasteiger charge is -2.33. The van der Waals surface area contributed by atoms with Crippen molar-refractivity contribution in [3.05, 3.63) is 69.8 Å². The molecule has 0 saturated heterocycles. The Morgan fingerprint density at radius 1 is 0.371 bits per heavy atom. The molecule has 0 aliphatic carbocycles. The minimum Gasteiger partial charge on any atom is -0.492 e. The first kappa shape index (κ1) is 51.5. The zero-order valence-electron chi connectivity index (χ0n) is 40.9. The Balaban J connectivity index is 2.55. The lowest BCUT2D eigenvalue weighted by molar-refractivity contribution is 0.284. The van der Waals surface area contributed by atoms with Gasteiger partial charge in [-0.25, -0.2) is 0 Å². The minimum atomic E-state index is -4.77. The highest BCUT2D eigenvalue weighted by atomic mass is 31.2. The Kier molecular flexibility index (Phi) is 16.0. The van der Waals surface area contributed by atoms with Crippen molar-refractivity contribution in [1.82, 2.24) is 0 Å². The van der Waals surface area contributed by atoms with Crippen molar-refractivity contribution in [2.45, 2.75) is 176 Å². The summed E-state index contributed by atoms with van der Waals surface area (Å²) in [6, 6.07) is 17.8. The van der Waals surface area contributed by atoms with Gasteiger partial charge in [-0.2, -0.15) is 20.4 Å². The van der Waals surface area contributed by atoms with Crippen LogP contribution in [0, 0.1) is 34.0 Å². The van der Waals surface area contributed by atoms with Crippen molar-refractivity contribution < 1.29 is 32.3 Å². The van der Waals surface area contributed by atoms with Crippen LogP contribution in [0.5, 0.6) is 34.5 Å². The monoisotopic (exact) mass is 870 g/mol. The van der Waals surface area contributed by atoms with Crippen molar-refractivity contribution >= 4 is 7.82 Å². The van der Waals surface area contributed by atoms with Crippen LogP contribution < -0.4 is 27.8 Å². The molecule has 0 heterocycles. The first-order valence-electron chi connectivity index (χ1n) is 21.5. The lowest BCUT2D eigenvalue weighted by atomic mass is 9.81. The van der Waals surface area contributed by atoms with E-state index in [-0.39, 0.29) is 39.1 Å². The van der Waals surface area contributed by atoms with Crippen molar-refractivity contribution in [2.24, 2.45) is 0 Å². The summed E-state index contributed by atoms with van der Waals surface area (Å²) in [6.07, 6.45) is 0.646. The van der Waals surface area contributed by atoms with E-state index in [1.54, 1.807) is 0 Å². The van der Waals surface area contributed by atoms with Crippen LogP contribution in [0.3, 0.4) is 0 Å². The van der Waals surface area contributed by atoms with E-state index >= 15 is 4.57 Å². The van der Waals surface area contributed by atoms with E-state index in [0.717, 1.165) is 16.7 Å². The summed E-state index contributed by atoms with van der Waals surface area (Å²) in [5.41, 5.74) is 1.49. The molecule has 0 unspecified atom stereocenters. The summed E-state index contributed by atoms with van der Waals surface area (Å²) in [6.45, 7) is 37.4. The quantitative estimate of drug-likeness (QED) is 0.107. The molecule has 0 N–H and O–H groups in total. The second-order valence-corrected chi connectivity index (χ2v) is 23.5. The number of hydrogen-bond donors (Lipinski definition) is 0. The van der Waals surface area contributed by atoms with E-state index in [0.29, 0.717) is 51.2 Å². The summed E-state index contributed by atoms with van der Waals surface area (Å²) in [7, 11) is -4.77. The molecule has 0 atom stereocenters. The van der Waals surface area contributed by atoms with Gasteiger partial charge in [0.05, 0.1) is 37.5 Å². The van der Waals surface area contributed by atoms with E-state index in [1.807, 2.05) is 98.7 Å². The highest BCUT2D eigenvalue weighted by Crippen LogP contribution is 2.57. The highest BCUT2D eigenvalue weighted by Gasteiger charge is 2.41. The molecule has 62 heavy (non-hydrogen) atoms. The smallest absolute Gasteiger partial charge is 0.492 e. The molecule has 0 aromatic heterocycles. The molecule has 0 aliphatic heterocycles. The zero-order chi connectivity index (χ0) is 47.3. The third-order valence-corrected chi connectivity index (χ3v) is 11.4. The molecule has 3 rings (SSSR count). The van der Waals surface area contributed by atoms with Gasteiger partial charge >= 0.3 is 7.82 Å². The number of hydrogen-bond acceptors (Lipinski definition) is 10. The molecular formula is C51H72N3O7P. The fourth-order valence-corrected chi connectivity index (χ4v) is 8.11. The molecule has 0 spiro atoms. The van der Waals surface area contributed by atoms with Gasteiger partial charge in [0, 0.05) is 33.4 Å². The number of phosphoric acid groups is 1. The van der Waals surface area contributed by atoms with Gasteiger partial charge in [-0.1, -0.05) is 125 Å². The molecule has 0 saturated carbocycles. The maximum Gasteiger partial charge on any atom is 0.647 e. The topological polar surface area (TPSA) is 144 Å². The Morgan fingerprint density at radius 2 is 0.548 bits per heavy atom. The molecule has 0 bridgehead atoms. The van der Waals surface area contributed by atoms with Crippen LogP contribution in [0.2, 0.25) is 0 Å². The van der Waals surface area contributed by atoms with Gasteiger partial charge < -0.3 is 27.8 Å². The van der Waals surface area contributed by atoms with Crippen molar-refractivity contribution in [3.8, 4) is 52.7 Å². The third-order valence-electron chi connectivity index (χ3n) is 10.1. The highest BCUT2D eigenvalue weighted by molar-refractivity contribution is 7.49. The molecule has 0 amide bonds. The third kappa shape index (κ3) is 13.6. The Bertz CT molecular complexity index is 1980. The molecule has 0 aliphatic rings. The SMILES string of the molecule is CC(C)(C)c1cc(OP(=O)(Oc2cc(C(C)(C)C)c(OCCC#N)cc2C(C)(C)C)Oc2cc(C(C)(C)C)c(OCCC#N)cc2C(C)(C)C)c(C(C)(C)C)cc1OCCC#N. The first-order valence-corrected chi connectivity index (χ1v) is 23.0. The summed E-state index contributed by atoms with van der Waals surface area (Å²) < 4.78 is 55.5. The number of phosphoric ester groups is 1. The molecule has 338 valence electrons. The van der Waals surface area contributed by atoms with Gasteiger partial charge in [0.25, 0.3) is 0 Å². The first-order chi connectivity index (χ1) is 28.3. The largest absolute Gasteiger partial charge is 0.647 e. The Labute approximate surface area is 373 Å². The van der Waals surface area contributed by atoms with E-state index < -0.39 is 40.3 Å². The number of rotatable bonds is 15. The van der Waals surface area contributed by atoms with Crippen LogP contribution in [-0.4, -0.2) is 19.8 Å². The van der Waals surface area contributed by atoms with Crippen molar-refractivity contribution in [3.63, 3.8) is 0 Å². The van der Waals surface area contributed by atoms with Gasteiger partial charge in [0.1, 0.15) is 54.3 Å². The zero-order valence-corrected chi connectivity index (χ0v) is 41.7. The summed E-state index contributed by atoms with van der Waals surface area (Å²) in [4.78, 5) is 0. The van der Waals surface area contributed by atoms with Crippen molar-refractivity contribution in [1.29, 1.82) is 15.8 Å². The molecule has 0 radical (unpaired) electrons. The number of nitriles is 3. The summed E-state index contributed by atoms with van der Waals surface area (Å²) in [5, 5.41) is 27.9. The molecular weight excluding hydrogens is 798 g/mol. The second kappa shape index (κ2) is 19.3. The Morgan fingerprint density at radius 3 is 0.726 bits per heavy atom. The van der Waals surface area contributed by atoms with Crippen LogP contribution in [0.25, 0.3) is 0 Å². The average molecular weight is 870 g/mol. The average Bonchev–Trinajstić information content (AvgIpc) is 3.10. The summed E-state index contributed by atoms with van der Waals surface area (Å²) in [5.74, 6) is 2.72. The van der Waals surface area contributed by atoms with Crippen LogP contribution in [-0.2, 0) is 37.1 Å².